The first kappa shape index (κ1) is 16.6. The highest BCUT2D eigenvalue weighted by Crippen LogP contribution is 2.19. The predicted molar refractivity (Wildman–Crippen MR) is 95.2 cm³/mol. The Balaban J connectivity index is 1.63. The van der Waals surface area contributed by atoms with Crippen molar-refractivity contribution in [2.45, 2.75) is 26.8 Å². The van der Waals surface area contributed by atoms with Crippen molar-refractivity contribution in [2.75, 3.05) is 10.6 Å². The van der Waals surface area contributed by atoms with E-state index in [2.05, 4.69) is 25.8 Å². The SMILES string of the molecule is Cc1cc(NC(=O)C(C)Nc2ccc(-c3nccc(C)n3)cc2)on1. The van der Waals surface area contributed by atoms with Crippen LogP contribution < -0.4 is 10.6 Å². The molecular formula is C18H19N5O2. The van der Waals surface area contributed by atoms with Crippen molar-refractivity contribution in [2.24, 2.45) is 0 Å². The minimum atomic E-state index is -0.438. The summed E-state index contributed by atoms with van der Waals surface area (Å²) >= 11 is 0. The smallest absolute Gasteiger partial charge is 0.248 e. The summed E-state index contributed by atoms with van der Waals surface area (Å²) in [5.41, 5.74) is 3.38. The van der Waals surface area contributed by atoms with Crippen LogP contribution in [0.3, 0.4) is 0 Å². The minimum Gasteiger partial charge on any atom is -0.374 e. The lowest BCUT2D eigenvalue weighted by atomic mass is 10.1. The fourth-order valence-electron chi connectivity index (χ4n) is 2.27. The van der Waals surface area contributed by atoms with Crippen LogP contribution >= 0.6 is 0 Å². The first-order valence-electron chi connectivity index (χ1n) is 7.92. The molecule has 2 N–H and O–H groups in total. The van der Waals surface area contributed by atoms with Gasteiger partial charge in [-0.25, -0.2) is 9.97 Å². The van der Waals surface area contributed by atoms with Crippen LogP contribution in [0.4, 0.5) is 11.6 Å². The first-order valence-corrected chi connectivity index (χ1v) is 7.92. The number of hydrogen-bond donors (Lipinski definition) is 2. The second-order valence-electron chi connectivity index (χ2n) is 5.79. The van der Waals surface area contributed by atoms with Crippen LogP contribution in [0, 0.1) is 13.8 Å². The summed E-state index contributed by atoms with van der Waals surface area (Å²) in [4.78, 5) is 20.8. The number of benzene rings is 1. The first-order chi connectivity index (χ1) is 12.0. The maximum Gasteiger partial charge on any atom is 0.248 e. The third kappa shape index (κ3) is 4.20. The summed E-state index contributed by atoms with van der Waals surface area (Å²) in [5.74, 6) is 0.809. The maximum atomic E-state index is 12.2. The summed E-state index contributed by atoms with van der Waals surface area (Å²) in [7, 11) is 0. The molecule has 0 saturated carbocycles. The van der Waals surface area contributed by atoms with Crippen LogP contribution in [0.5, 0.6) is 0 Å². The molecule has 7 heteroatoms. The molecular weight excluding hydrogens is 318 g/mol. The molecule has 0 aliphatic carbocycles. The molecule has 1 amide bonds. The molecule has 25 heavy (non-hydrogen) atoms. The zero-order valence-corrected chi connectivity index (χ0v) is 14.3. The van der Waals surface area contributed by atoms with Gasteiger partial charge in [-0.1, -0.05) is 5.16 Å². The number of aryl methyl sites for hydroxylation is 2. The van der Waals surface area contributed by atoms with Gasteiger partial charge in [0.1, 0.15) is 6.04 Å². The fourth-order valence-corrected chi connectivity index (χ4v) is 2.27. The molecule has 1 unspecified atom stereocenters. The molecule has 0 bridgehead atoms. The minimum absolute atomic E-state index is 0.206. The molecule has 1 atom stereocenters. The predicted octanol–water partition coefficient (Wildman–Crippen LogP) is 3.19. The summed E-state index contributed by atoms with van der Waals surface area (Å²) < 4.78 is 4.99. The number of nitrogens with zero attached hydrogens (tertiary/aromatic N) is 3. The second-order valence-corrected chi connectivity index (χ2v) is 5.79. The van der Waals surface area contributed by atoms with Gasteiger partial charge in [0, 0.05) is 29.2 Å². The Bertz CT molecular complexity index is 873. The monoisotopic (exact) mass is 337 g/mol. The van der Waals surface area contributed by atoms with Crippen molar-refractivity contribution in [3.63, 3.8) is 0 Å². The number of aromatic nitrogens is 3. The van der Waals surface area contributed by atoms with Gasteiger partial charge >= 0.3 is 0 Å². The van der Waals surface area contributed by atoms with Gasteiger partial charge in [0.05, 0.1) is 5.69 Å². The second kappa shape index (κ2) is 7.12. The van der Waals surface area contributed by atoms with Crippen molar-refractivity contribution >= 4 is 17.5 Å². The third-order valence-corrected chi connectivity index (χ3v) is 3.59. The lowest BCUT2D eigenvalue weighted by Gasteiger charge is -2.14. The molecule has 0 radical (unpaired) electrons. The molecule has 3 aromatic rings. The topological polar surface area (TPSA) is 92.9 Å². The molecule has 0 saturated heterocycles. The van der Waals surface area contributed by atoms with Crippen LogP contribution in [-0.4, -0.2) is 27.1 Å². The van der Waals surface area contributed by atoms with Crippen LogP contribution in [0.2, 0.25) is 0 Å². The fraction of sp³-hybridized carbons (Fsp3) is 0.222. The molecule has 0 aliphatic rings. The Morgan fingerprint density at radius 2 is 1.88 bits per heavy atom. The van der Waals surface area contributed by atoms with E-state index in [0.29, 0.717) is 17.4 Å². The van der Waals surface area contributed by atoms with Gasteiger partial charge in [-0.15, -0.1) is 0 Å². The van der Waals surface area contributed by atoms with E-state index >= 15 is 0 Å². The number of carbonyl (C=O) groups is 1. The lowest BCUT2D eigenvalue weighted by Crippen LogP contribution is -2.31. The number of rotatable bonds is 5. The van der Waals surface area contributed by atoms with E-state index in [-0.39, 0.29) is 5.91 Å². The molecule has 3 rings (SSSR count). The average Bonchev–Trinajstić information content (AvgIpc) is 3.00. The Hall–Kier alpha value is -3.22. The summed E-state index contributed by atoms with van der Waals surface area (Å²) in [6.45, 7) is 5.49. The summed E-state index contributed by atoms with van der Waals surface area (Å²) in [5, 5.41) is 9.56. The van der Waals surface area contributed by atoms with Crippen molar-refractivity contribution < 1.29 is 9.32 Å². The van der Waals surface area contributed by atoms with E-state index in [0.717, 1.165) is 16.9 Å². The Morgan fingerprint density at radius 3 is 2.52 bits per heavy atom. The number of hydrogen-bond acceptors (Lipinski definition) is 6. The maximum absolute atomic E-state index is 12.2. The standard InChI is InChI=1S/C18H19N5O2/c1-11-8-9-19-17(20-11)14-4-6-15(7-5-14)21-13(3)18(24)22-16-10-12(2)23-25-16/h4-10,13,21H,1-3H3,(H,22,24). The molecule has 7 nitrogen and oxygen atoms in total. The zero-order valence-electron chi connectivity index (χ0n) is 14.3. The highest BCUT2D eigenvalue weighted by atomic mass is 16.5. The lowest BCUT2D eigenvalue weighted by molar-refractivity contribution is -0.116. The van der Waals surface area contributed by atoms with Crippen molar-refractivity contribution in [3.05, 3.63) is 54.0 Å². The van der Waals surface area contributed by atoms with Crippen LogP contribution in [0.1, 0.15) is 18.3 Å². The molecule has 1 aromatic carbocycles. The molecule has 0 aliphatic heterocycles. The van der Waals surface area contributed by atoms with Gasteiger partial charge in [0.15, 0.2) is 5.82 Å². The van der Waals surface area contributed by atoms with E-state index in [1.807, 2.05) is 37.3 Å². The Labute approximate surface area is 145 Å². The normalized spacial score (nSPS) is 11.8. The van der Waals surface area contributed by atoms with Gasteiger partial charge in [-0.05, 0) is 51.1 Å². The highest BCUT2D eigenvalue weighted by molar-refractivity contribution is 5.95. The van der Waals surface area contributed by atoms with Gasteiger partial charge in [0.2, 0.25) is 11.8 Å². The Morgan fingerprint density at radius 1 is 1.12 bits per heavy atom. The highest BCUT2D eigenvalue weighted by Gasteiger charge is 2.15. The molecule has 2 aromatic heterocycles. The van der Waals surface area contributed by atoms with Crippen LogP contribution in [0.15, 0.2) is 47.1 Å². The van der Waals surface area contributed by atoms with Crippen LogP contribution in [0.25, 0.3) is 11.4 Å². The van der Waals surface area contributed by atoms with Crippen molar-refractivity contribution in [1.29, 1.82) is 0 Å². The number of nitrogens with one attached hydrogen (secondary N) is 2. The molecule has 0 spiro atoms. The van der Waals surface area contributed by atoms with Gasteiger partial charge in [-0.3, -0.25) is 10.1 Å². The van der Waals surface area contributed by atoms with Gasteiger partial charge in [-0.2, -0.15) is 0 Å². The summed E-state index contributed by atoms with van der Waals surface area (Å²) in [6.07, 6.45) is 1.74. The zero-order chi connectivity index (χ0) is 17.8. The molecule has 128 valence electrons. The van der Waals surface area contributed by atoms with Crippen LogP contribution in [-0.2, 0) is 4.79 Å². The largest absolute Gasteiger partial charge is 0.374 e. The van der Waals surface area contributed by atoms with Crippen molar-refractivity contribution in [1.82, 2.24) is 15.1 Å². The van der Waals surface area contributed by atoms with E-state index in [1.165, 1.54) is 0 Å². The number of amides is 1. The van der Waals surface area contributed by atoms with E-state index in [4.69, 9.17) is 4.52 Å². The van der Waals surface area contributed by atoms with Crippen molar-refractivity contribution in [3.8, 4) is 11.4 Å². The Kier molecular flexibility index (Phi) is 4.74. The number of anilines is 2. The average molecular weight is 337 g/mol. The third-order valence-electron chi connectivity index (χ3n) is 3.59. The number of carbonyl (C=O) groups excluding carboxylic acids is 1. The molecule has 2 heterocycles. The molecule has 0 fully saturated rings. The van der Waals surface area contributed by atoms with Gasteiger partial charge in [0.25, 0.3) is 0 Å². The van der Waals surface area contributed by atoms with E-state index in [1.54, 1.807) is 26.1 Å². The summed E-state index contributed by atoms with van der Waals surface area (Å²) in [6, 6.07) is 10.7. The van der Waals surface area contributed by atoms with E-state index in [9.17, 15) is 4.79 Å². The van der Waals surface area contributed by atoms with Gasteiger partial charge < -0.3 is 9.84 Å². The quantitative estimate of drug-likeness (QED) is 0.743. The van der Waals surface area contributed by atoms with E-state index < -0.39 is 6.04 Å².